The van der Waals surface area contributed by atoms with Crippen molar-refractivity contribution in [3.8, 4) is 0 Å². The van der Waals surface area contributed by atoms with Gasteiger partial charge in [-0.25, -0.2) is 0 Å². The van der Waals surface area contributed by atoms with Gasteiger partial charge in [-0.15, -0.1) is 0 Å². The Morgan fingerprint density at radius 2 is 0.840 bits per heavy atom. The monoisotopic (exact) mass is 404 g/mol. The van der Waals surface area contributed by atoms with E-state index in [1.165, 1.54) is 36.4 Å². The van der Waals surface area contributed by atoms with Crippen LogP contribution in [0, 0.1) is 0 Å². The summed E-state index contributed by atoms with van der Waals surface area (Å²) in [5, 5.41) is 0. The summed E-state index contributed by atoms with van der Waals surface area (Å²) in [5.74, 6) is -4.20. The van der Waals surface area contributed by atoms with Crippen molar-refractivity contribution in [2.75, 3.05) is 0 Å². The normalized spacial score (nSPS) is 17.9. The molecule has 0 N–H and O–H groups in total. The van der Waals surface area contributed by atoms with Gasteiger partial charge in [0.25, 0.3) is 0 Å². The number of aromatic nitrogens is 2. The summed E-state index contributed by atoms with van der Waals surface area (Å²) in [6.07, 6.45) is 0. The van der Waals surface area contributed by atoms with Crippen LogP contribution in [0.25, 0.3) is 0 Å². The van der Waals surface area contributed by atoms with Crippen LogP contribution in [0.4, 0.5) is 0 Å². The molecule has 0 radical (unpaired) electrons. The van der Waals surface area contributed by atoms with Crippen LogP contribution in [-0.2, 0) is 15.1 Å². The van der Waals surface area contributed by atoms with Gasteiger partial charge in [0.1, 0.15) is 0 Å². The van der Waals surface area contributed by atoms with Crippen molar-refractivity contribution in [2.45, 2.75) is 0 Å². The maximum absolute atomic E-state index is 12.2. The zero-order chi connectivity index (χ0) is 17.6. The van der Waals surface area contributed by atoms with E-state index in [4.69, 9.17) is 15.1 Å². The molecule has 2 aromatic rings. The maximum atomic E-state index is 12.2. The van der Waals surface area contributed by atoms with Gasteiger partial charge in [0.2, 0.25) is 0 Å². The molecule has 124 valence electrons. The average Bonchev–Trinajstić information content (AvgIpc) is 2.60. The fourth-order valence-corrected chi connectivity index (χ4v) is 5.42. The SMILES string of the molecule is O=C1[O][Ge]2([O]C(=O)c3cccc1n3)[O]C(=O)c1cccc(n1)C(=O)[O]2. The van der Waals surface area contributed by atoms with E-state index in [0.717, 1.165) is 0 Å². The van der Waals surface area contributed by atoms with E-state index in [-0.39, 0.29) is 22.8 Å². The summed E-state index contributed by atoms with van der Waals surface area (Å²) in [4.78, 5) is 56.3. The number of hydrogen-bond acceptors (Lipinski definition) is 10. The predicted octanol–water partition coefficient (Wildman–Crippen LogP) is 0.267. The summed E-state index contributed by atoms with van der Waals surface area (Å²) in [6, 6.07) is 7.95. The van der Waals surface area contributed by atoms with Crippen LogP contribution >= 0.6 is 0 Å². The molecule has 4 bridgehead atoms. The molecule has 0 unspecified atom stereocenters. The first-order valence-corrected chi connectivity index (χ1v) is 10.3. The van der Waals surface area contributed by atoms with Gasteiger partial charge in [0, 0.05) is 0 Å². The third-order valence-corrected chi connectivity index (χ3v) is 6.86. The first kappa shape index (κ1) is 15.3. The van der Waals surface area contributed by atoms with Gasteiger partial charge in [-0.2, -0.15) is 0 Å². The van der Waals surface area contributed by atoms with Gasteiger partial charge in [-0.3, -0.25) is 0 Å². The number of carbonyl (C=O) groups is 4. The molecule has 2 aliphatic rings. The van der Waals surface area contributed by atoms with Crippen molar-refractivity contribution < 1.29 is 34.2 Å². The van der Waals surface area contributed by atoms with E-state index < -0.39 is 38.5 Å². The number of carbonyl (C=O) groups excluding carboxylic acids is 4. The predicted molar refractivity (Wildman–Crippen MR) is 75.9 cm³/mol. The Hall–Kier alpha value is -3.28. The number of nitrogens with zero attached hydrogens (tertiary/aromatic N) is 2. The summed E-state index contributed by atoms with van der Waals surface area (Å²) in [7, 11) is 0. The Bertz CT molecular complexity index is 812. The standard InChI is InChI=1S/C14H6GeN2O8/c18-11-7-3-1-4-8(16-7)12(19)23-15(22-11)24-13(20)9-5-2-6-10(17-9)14(21)25-15/h1-6H. The first-order chi connectivity index (χ1) is 12.0. The second-order valence-electron chi connectivity index (χ2n) is 4.87. The number of rotatable bonds is 0. The Morgan fingerprint density at radius 1 is 0.560 bits per heavy atom. The van der Waals surface area contributed by atoms with Crippen LogP contribution in [0.1, 0.15) is 42.0 Å². The third kappa shape index (κ3) is 2.61. The molecule has 11 heteroatoms. The molecule has 0 saturated carbocycles. The second kappa shape index (κ2) is 5.38. The van der Waals surface area contributed by atoms with E-state index >= 15 is 0 Å². The topological polar surface area (TPSA) is 131 Å². The summed E-state index contributed by atoms with van der Waals surface area (Å²) in [6.45, 7) is 0. The van der Waals surface area contributed by atoms with Crippen LogP contribution < -0.4 is 0 Å². The molecule has 0 aliphatic carbocycles. The molecule has 4 heterocycles. The fourth-order valence-electron chi connectivity index (χ4n) is 2.11. The Balaban J connectivity index is 1.80. The van der Waals surface area contributed by atoms with Gasteiger partial charge in [0.05, 0.1) is 0 Å². The molecule has 0 saturated heterocycles. The van der Waals surface area contributed by atoms with E-state index in [0.29, 0.717) is 0 Å². The number of fused-ring (bicyclic) bond motifs is 4. The number of hydrogen-bond donors (Lipinski definition) is 0. The molecule has 10 nitrogen and oxygen atoms in total. The van der Waals surface area contributed by atoms with Crippen LogP contribution in [-0.4, -0.2) is 48.5 Å². The van der Waals surface area contributed by atoms with Crippen molar-refractivity contribution in [3.05, 3.63) is 59.2 Å². The van der Waals surface area contributed by atoms with Crippen molar-refractivity contribution in [3.63, 3.8) is 0 Å². The van der Waals surface area contributed by atoms with Crippen molar-refractivity contribution in [1.82, 2.24) is 9.97 Å². The molecule has 0 amide bonds. The van der Waals surface area contributed by atoms with Gasteiger partial charge in [-0.05, 0) is 0 Å². The Labute approximate surface area is 142 Å². The quantitative estimate of drug-likeness (QED) is 0.565. The van der Waals surface area contributed by atoms with Gasteiger partial charge in [0.15, 0.2) is 0 Å². The van der Waals surface area contributed by atoms with E-state index in [2.05, 4.69) is 9.97 Å². The van der Waals surface area contributed by atoms with Gasteiger partial charge < -0.3 is 0 Å². The van der Waals surface area contributed by atoms with Crippen molar-refractivity contribution in [1.29, 1.82) is 0 Å². The van der Waals surface area contributed by atoms with Crippen molar-refractivity contribution >= 4 is 38.5 Å². The fraction of sp³-hybridized carbons (Fsp3) is 0. The first-order valence-electron chi connectivity index (χ1n) is 6.83. The van der Waals surface area contributed by atoms with E-state index in [9.17, 15) is 19.2 Å². The Morgan fingerprint density at radius 3 is 1.12 bits per heavy atom. The average molecular weight is 403 g/mol. The molecule has 0 aromatic carbocycles. The molecular weight excluding hydrogens is 397 g/mol. The van der Waals surface area contributed by atoms with Gasteiger partial charge in [-0.1, -0.05) is 0 Å². The second-order valence-corrected chi connectivity index (χ2v) is 8.69. The van der Waals surface area contributed by atoms with E-state index in [1.54, 1.807) is 0 Å². The zero-order valence-corrected chi connectivity index (χ0v) is 14.2. The van der Waals surface area contributed by atoms with Crippen LogP contribution in [0.3, 0.4) is 0 Å². The summed E-state index contributed by atoms with van der Waals surface area (Å²) in [5.41, 5.74) is -0.871. The Kier molecular flexibility index (Phi) is 3.28. The minimum absolute atomic E-state index is 0.218. The zero-order valence-electron chi connectivity index (χ0n) is 12.1. The van der Waals surface area contributed by atoms with Crippen LogP contribution in [0.2, 0.25) is 0 Å². The van der Waals surface area contributed by atoms with Gasteiger partial charge >= 0.3 is 142 Å². The molecule has 1 spiro atoms. The molecule has 2 aliphatic heterocycles. The third-order valence-electron chi connectivity index (χ3n) is 3.21. The molecule has 0 atom stereocenters. The van der Waals surface area contributed by atoms with Crippen LogP contribution in [0.15, 0.2) is 36.4 Å². The molecular formula is C14H6GeN2O8. The summed E-state index contributed by atoms with van der Waals surface area (Å²) >= 11 is -5.46. The molecule has 4 rings (SSSR count). The molecule has 0 fully saturated rings. The van der Waals surface area contributed by atoms with E-state index in [1.807, 2.05) is 0 Å². The number of pyridine rings is 2. The molecule has 2 aromatic heterocycles. The molecule has 25 heavy (non-hydrogen) atoms. The van der Waals surface area contributed by atoms with Crippen molar-refractivity contribution in [2.24, 2.45) is 0 Å². The van der Waals surface area contributed by atoms with Crippen LogP contribution in [0.5, 0.6) is 0 Å². The minimum atomic E-state index is -5.46. The summed E-state index contributed by atoms with van der Waals surface area (Å²) < 4.78 is 20.1.